The van der Waals surface area contributed by atoms with Crippen molar-refractivity contribution in [2.24, 2.45) is 0 Å². The van der Waals surface area contributed by atoms with Gasteiger partial charge in [-0.1, -0.05) is 38.7 Å². The molecule has 0 radical (unpaired) electrons. The zero-order chi connectivity index (χ0) is 13.8. The normalized spacial score (nSPS) is 11.3. The number of benzene rings is 1. The third-order valence-corrected chi connectivity index (χ3v) is 3.09. The number of halogens is 3. The quantitative estimate of drug-likeness (QED) is 0.528. The van der Waals surface area contributed by atoms with Crippen molar-refractivity contribution < 1.29 is 13.2 Å². The third kappa shape index (κ3) is 4.66. The molecule has 0 aliphatic carbocycles. The second kappa shape index (κ2) is 6.19. The summed E-state index contributed by atoms with van der Waals surface area (Å²) in [6.07, 6.45) is 0.627. The van der Waals surface area contributed by atoms with Crippen LogP contribution in [0, 0.1) is 11.8 Å². The molecule has 0 amide bonds. The van der Waals surface area contributed by atoms with E-state index >= 15 is 0 Å². The molecule has 0 aliphatic heterocycles. The van der Waals surface area contributed by atoms with E-state index < -0.39 is 5.51 Å². The predicted octanol–water partition coefficient (Wildman–Crippen LogP) is 5.18. The van der Waals surface area contributed by atoms with Crippen LogP contribution in [0.3, 0.4) is 0 Å². The summed E-state index contributed by atoms with van der Waals surface area (Å²) in [6.45, 7) is 5.77. The number of hydrogen-bond acceptors (Lipinski definition) is 1. The molecule has 0 saturated heterocycles. The van der Waals surface area contributed by atoms with Gasteiger partial charge in [0.05, 0.1) is 0 Å². The van der Waals surface area contributed by atoms with Crippen LogP contribution in [-0.4, -0.2) is 5.51 Å². The monoisotopic (exact) mass is 272 g/mol. The minimum absolute atomic E-state index is 0.0931. The first kappa shape index (κ1) is 15.0. The molecule has 0 fully saturated rings. The first-order valence-corrected chi connectivity index (χ1v) is 6.53. The lowest BCUT2D eigenvalue weighted by atomic mass is 10.0. The SMILES string of the molecule is CCC#Cc1ccc(C(C)C)cc1SC(F)(F)F. The summed E-state index contributed by atoms with van der Waals surface area (Å²) in [7, 11) is 0. The molecule has 0 saturated carbocycles. The average molecular weight is 272 g/mol. The molecule has 0 aliphatic rings. The van der Waals surface area contributed by atoms with Gasteiger partial charge >= 0.3 is 5.51 Å². The summed E-state index contributed by atoms with van der Waals surface area (Å²) in [4.78, 5) is 0.189. The Bertz CT molecular complexity index is 464. The molecule has 18 heavy (non-hydrogen) atoms. The Balaban J connectivity index is 3.18. The van der Waals surface area contributed by atoms with Gasteiger partial charge < -0.3 is 0 Å². The Morgan fingerprint density at radius 3 is 2.44 bits per heavy atom. The molecule has 1 aromatic rings. The van der Waals surface area contributed by atoms with Crippen molar-refractivity contribution in [1.29, 1.82) is 0 Å². The zero-order valence-corrected chi connectivity index (χ0v) is 11.4. The van der Waals surface area contributed by atoms with Crippen LogP contribution in [0.25, 0.3) is 0 Å². The molecule has 0 aromatic heterocycles. The topological polar surface area (TPSA) is 0 Å². The zero-order valence-electron chi connectivity index (χ0n) is 10.6. The Labute approximate surface area is 110 Å². The van der Waals surface area contributed by atoms with Crippen molar-refractivity contribution in [2.75, 3.05) is 0 Å². The van der Waals surface area contributed by atoms with Gasteiger partial charge in [0.2, 0.25) is 0 Å². The summed E-state index contributed by atoms with van der Waals surface area (Å²) in [6, 6.07) is 5.10. The molecule has 0 N–H and O–H groups in total. The van der Waals surface area contributed by atoms with Gasteiger partial charge in [0.25, 0.3) is 0 Å². The Morgan fingerprint density at radius 2 is 1.94 bits per heavy atom. The second-order valence-corrected chi connectivity index (χ2v) is 5.22. The van der Waals surface area contributed by atoms with Gasteiger partial charge in [0.1, 0.15) is 0 Å². The summed E-state index contributed by atoms with van der Waals surface area (Å²) < 4.78 is 37.5. The van der Waals surface area contributed by atoms with E-state index in [0.717, 1.165) is 5.56 Å². The highest BCUT2D eigenvalue weighted by Crippen LogP contribution is 2.39. The van der Waals surface area contributed by atoms with Crippen molar-refractivity contribution in [3.8, 4) is 11.8 Å². The molecule has 0 unspecified atom stereocenters. The standard InChI is InChI=1S/C14H15F3S/c1-4-5-6-11-7-8-12(10(2)3)9-13(11)18-14(15,16)17/h7-10H,4H2,1-3H3. The van der Waals surface area contributed by atoms with Gasteiger partial charge in [-0.25, -0.2) is 0 Å². The molecule has 1 rings (SSSR count). The van der Waals surface area contributed by atoms with Gasteiger partial charge in [-0.05, 0) is 35.4 Å². The molecule has 0 atom stereocenters. The maximum Gasteiger partial charge on any atom is 0.446 e. The van der Waals surface area contributed by atoms with Crippen molar-refractivity contribution >= 4 is 11.8 Å². The summed E-state index contributed by atoms with van der Waals surface area (Å²) >= 11 is -0.0931. The van der Waals surface area contributed by atoms with E-state index in [4.69, 9.17) is 0 Å². The van der Waals surface area contributed by atoms with Crippen LogP contribution < -0.4 is 0 Å². The average Bonchev–Trinajstić information content (AvgIpc) is 2.25. The Hall–Kier alpha value is -1.08. The molecule has 0 heterocycles. The molecule has 0 bridgehead atoms. The number of rotatable bonds is 2. The lowest BCUT2D eigenvalue weighted by molar-refractivity contribution is -0.0328. The van der Waals surface area contributed by atoms with Gasteiger partial charge in [-0.3, -0.25) is 0 Å². The fourth-order valence-corrected chi connectivity index (χ4v) is 2.07. The molecular formula is C14H15F3S. The van der Waals surface area contributed by atoms with Gasteiger partial charge in [0, 0.05) is 16.9 Å². The first-order valence-electron chi connectivity index (χ1n) is 5.72. The summed E-state index contributed by atoms with van der Waals surface area (Å²) in [5.74, 6) is 5.79. The predicted molar refractivity (Wildman–Crippen MR) is 69.6 cm³/mol. The van der Waals surface area contributed by atoms with Crippen LogP contribution in [0.2, 0.25) is 0 Å². The van der Waals surface area contributed by atoms with Crippen LogP contribution in [0.4, 0.5) is 13.2 Å². The molecule has 4 heteroatoms. The van der Waals surface area contributed by atoms with Crippen LogP contribution in [0.15, 0.2) is 23.1 Å². The highest BCUT2D eigenvalue weighted by atomic mass is 32.2. The highest BCUT2D eigenvalue weighted by Gasteiger charge is 2.30. The molecule has 0 spiro atoms. The second-order valence-electron chi connectivity index (χ2n) is 4.11. The van der Waals surface area contributed by atoms with Crippen LogP contribution in [0.5, 0.6) is 0 Å². The van der Waals surface area contributed by atoms with E-state index in [1.54, 1.807) is 12.1 Å². The van der Waals surface area contributed by atoms with E-state index in [1.807, 2.05) is 26.8 Å². The smallest absolute Gasteiger partial charge is 0.160 e. The van der Waals surface area contributed by atoms with Crippen LogP contribution in [-0.2, 0) is 0 Å². The van der Waals surface area contributed by atoms with Gasteiger partial charge in [0.15, 0.2) is 0 Å². The lowest BCUT2D eigenvalue weighted by Crippen LogP contribution is -2.01. The van der Waals surface area contributed by atoms with Crippen LogP contribution >= 0.6 is 11.8 Å². The Kier molecular flexibility index (Phi) is 5.15. The van der Waals surface area contributed by atoms with E-state index in [0.29, 0.717) is 12.0 Å². The molecular weight excluding hydrogens is 257 g/mol. The maximum atomic E-state index is 12.5. The van der Waals surface area contributed by atoms with Crippen molar-refractivity contribution in [3.05, 3.63) is 29.3 Å². The molecule has 0 nitrogen and oxygen atoms in total. The number of hydrogen-bond donors (Lipinski definition) is 0. The van der Waals surface area contributed by atoms with E-state index in [-0.39, 0.29) is 22.6 Å². The van der Waals surface area contributed by atoms with Crippen molar-refractivity contribution in [2.45, 2.75) is 43.5 Å². The van der Waals surface area contributed by atoms with E-state index in [2.05, 4.69) is 11.8 Å². The third-order valence-electron chi connectivity index (χ3n) is 2.30. The minimum Gasteiger partial charge on any atom is -0.160 e. The van der Waals surface area contributed by atoms with E-state index in [1.165, 1.54) is 0 Å². The van der Waals surface area contributed by atoms with Crippen molar-refractivity contribution in [3.63, 3.8) is 0 Å². The van der Waals surface area contributed by atoms with Gasteiger partial charge in [-0.15, -0.1) is 0 Å². The number of alkyl halides is 3. The fourth-order valence-electron chi connectivity index (χ4n) is 1.39. The van der Waals surface area contributed by atoms with Crippen LogP contribution in [0.1, 0.15) is 44.2 Å². The number of thioether (sulfide) groups is 1. The highest BCUT2D eigenvalue weighted by molar-refractivity contribution is 8.00. The summed E-state index contributed by atoms with van der Waals surface area (Å²) in [5.41, 5.74) is -2.94. The largest absolute Gasteiger partial charge is 0.446 e. The maximum absolute atomic E-state index is 12.5. The molecule has 98 valence electrons. The fraction of sp³-hybridized carbons (Fsp3) is 0.429. The van der Waals surface area contributed by atoms with Crippen molar-refractivity contribution in [1.82, 2.24) is 0 Å². The van der Waals surface area contributed by atoms with Gasteiger partial charge in [-0.2, -0.15) is 13.2 Å². The lowest BCUT2D eigenvalue weighted by Gasteiger charge is -2.11. The molecule has 1 aromatic carbocycles. The summed E-state index contributed by atoms with van der Waals surface area (Å²) in [5, 5.41) is 0. The van der Waals surface area contributed by atoms with E-state index in [9.17, 15) is 13.2 Å². The minimum atomic E-state index is -4.28. The first-order chi connectivity index (χ1) is 8.33. The Morgan fingerprint density at radius 1 is 1.28 bits per heavy atom.